The van der Waals surface area contributed by atoms with Crippen LogP contribution >= 0.6 is 23.2 Å². The van der Waals surface area contributed by atoms with E-state index in [2.05, 4.69) is 21.9 Å². The van der Waals surface area contributed by atoms with Crippen molar-refractivity contribution in [2.45, 2.75) is 31.3 Å². The Bertz CT molecular complexity index is 870. The number of para-hydroxylation sites is 2. The third-order valence-corrected chi connectivity index (χ3v) is 7.55. The van der Waals surface area contributed by atoms with Crippen LogP contribution < -0.4 is 9.64 Å². The predicted octanol–water partition coefficient (Wildman–Crippen LogP) is 5.20. The largest absolute Gasteiger partial charge is 0.495 e. The number of halogens is 2. The quantitative estimate of drug-likeness (QED) is 0.681. The predicted molar refractivity (Wildman–Crippen MR) is 124 cm³/mol. The molecule has 30 heavy (non-hydrogen) atoms. The zero-order valence-electron chi connectivity index (χ0n) is 17.5. The molecule has 6 heteroatoms. The summed E-state index contributed by atoms with van der Waals surface area (Å²) >= 11 is 12.8. The van der Waals surface area contributed by atoms with Gasteiger partial charge in [0.05, 0.1) is 28.4 Å². The fourth-order valence-corrected chi connectivity index (χ4v) is 5.50. The van der Waals surface area contributed by atoms with Gasteiger partial charge in [-0.2, -0.15) is 0 Å². The molecule has 0 amide bonds. The summed E-state index contributed by atoms with van der Waals surface area (Å²) in [5, 5.41) is 12.7. The minimum absolute atomic E-state index is 0.153. The van der Waals surface area contributed by atoms with Crippen LogP contribution in [-0.2, 0) is 5.60 Å². The summed E-state index contributed by atoms with van der Waals surface area (Å²) in [6.07, 6.45) is 3.90. The zero-order chi connectivity index (χ0) is 21.1. The molecule has 4 nitrogen and oxygen atoms in total. The second-order valence-electron chi connectivity index (χ2n) is 8.43. The van der Waals surface area contributed by atoms with Gasteiger partial charge in [0.25, 0.3) is 0 Å². The highest BCUT2D eigenvalue weighted by Gasteiger charge is 2.42. The lowest BCUT2D eigenvalue weighted by Gasteiger charge is -2.45. The van der Waals surface area contributed by atoms with Gasteiger partial charge in [0, 0.05) is 44.2 Å². The first kappa shape index (κ1) is 21.8. The van der Waals surface area contributed by atoms with Crippen molar-refractivity contribution >= 4 is 28.9 Å². The normalized spacial score (nSPS) is 25.3. The van der Waals surface area contributed by atoms with Gasteiger partial charge < -0.3 is 14.7 Å². The van der Waals surface area contributed by atoms with E-state index in [-0.39, 0.29) is 5.92 Å². The van der Waals surface area contributed by atoms with Gasteiger partial charge >= 0.3 is 0 Å². The van der Waals surface area contributed by atoms with E-state index >= 15 is 0 Å². The van der Waals surface area contributed by atoms with Crippen LogP contribution in [-0.4, -0.2) is 49.8 Å². The Balaban J connectivity index is 1.45. The van der Waals surface area contributed by atoms with E-state index in [4.69, 9.17) is 27.9 Å². The van der Waals surface area contributed by atoms with Gasteiger partial charge in [-0.15, -0.1) is 0 Å². The monoisotopic (exact) mass is 448 g/mol. The number of hydrogen-bond acceptors (Lipinski definition) is 4. The van der Waals surface area contributed by atoms with Gasteiger partial charge in [-0.05, 0) is 31.0 Å². The number of hydrogen-bond donors (Lipinski definition) is 1. The molecule has 1 N–H and O–H groups in total. The van der Waals surface area contributed by atoms with E-state index in [0.717, 1.165) is 75.4 Å². The molecule has 1 aliphatic heterocycles. The topological polar surface area (TPSA) is 35.9 Å². The van der Waals surface area contributed by atoms with Gasteiger partial charge in [-0.3, -0.25) is 4.90 Å². The Morgan fingerprint density at radius 3 is 2.57 bits per heavy atom. The molecular weight excluding hydrogens is 419 g/mol. The first-order valence-corrected chi connectivity index (χ1v) is 11.6. The summed E-state index contributed by atoms with van der Waals surface area (Å²) < 4.78 is 5.53. The van der Waals surface area contributed by atoms with Crippen LogP contribution in [0.15, 0.2) is 42.5 Å². The highest BCUT2D eigenvalue weighted by molar-refractivity contribution is 6.42. The molecule has 0 radical (unpaired) electrons. The summed E-state index contributed by atoms with van der Waals surface area (Å²) in [6, 6.07) is 13.8. The third-order valence-electron chi connectivity index (χ3n) is 6.73. The first-order chi connectivity index (χ1) is 14.5. The second kappa shape index (κ2) is 9.35. The van der Waals surface area contributed by atoms with Gasteiger partial charge in [-0.25, -0.2) is 0 Å². The molecule has 2 atom stereocenters. The Morgan fingerprint density at radius 2 is 1.80 bits per heavy atom. The average Bonchev–Trinajstić information content (AvgIpc) is 2.78. The van der Waals surface area contributed by atoms with E-state index in [1.807, 2.05) is 24.3 Å². The van der Waals surface area contributed by atoms with Crippen LogP contribution in [0, 0.1) is 5.92 Å². The highest BCUT2D eigenvalue weighted by Crippen LogP contribution is 2.46. The fourth-order valence-electron chi connectivity index (χ4n) is 5.04. The molecule has 0 aromatic heterocycles. The number of nitrogens with zero attached hydrogens (tertiary/aromatic N) is 2. The van der Waals surface area contributed by atoms with Gasteiger partial charge in [0.1, 0.15) is 5.75 Å². The number of benzene rings is 2. The number of methoxy groups -OCH3 is 1. The SMILES string of the molecule is COc1ccccc1N1CCN(CC2CCCCC2(O)c2cccc(Cl)c2Cl)CC1. The van der Waals surface area contributed by atoms with Gasteiger partial charge in [0.15, 0.2) is 0 Å². The summed E-state index contributed by atoms with van der Waals surface area (Å²) in [5.74, 6) is 1.07. The Morgan fingerprint density at radius 1 is 1.03 bits per heavy atom. The van der Waals surface area contributed by atoms with E-state index < -0.39 is 5.60 Å². The first-order valence-electron chi connectivity index (χ1n) is 10.8. The van der Waals surface area contributed by atoms with Gasteiger partial charge in [0.2, 0.25) is 0 Å². The number of piperazine rings is 1. The molecule has 2 aliphatic rings. The van der Waals surface area contributed by atoms with Crippen molar-refractivity contribution in [3.05, 3.63) is 58.1 Å². The maximum absolute atomic E-state index is 11.7. The maximum atomic E-state index is 11.7. The third kappa shape index (κ3) is 4.29. The molecular formula is C24H30Cl2N2O2. The minimum Gasteiger partial charge on any atom is -0.495 e. The van der Waals surface area contributed by atoms with Crippen LogP contribution in [0.4, 0.5) is 5.69 Å². The van der Waals surface area contributed by atoms with Crippen LogP contribution in [0.1, 0.15) is 31.2 Å². The van der Waals surface area contributed by atoms with E-state index in [0.29, 0.717) is 10.0 Å². The lowest BCUT2D eigenvalue weighted by Crippen LogP contribution is -2.51. The molecule has 1 heterocycles. The van der Waals surface area contributed by atoms with Crippen LogP contribution in [0.5, 0.6) is 5.75 Å². The zero-order valence-corrected chi connectivity index (χ0v) is 19.0. The highest BCUT2D eigenvalue weighted by atomic mass is 35.5. The van der Waals surface area contributed by atoms with Crippen molar-refractivity contribution in [3.8, 4) is 5.75 Å². The Kier molecular flexibility index (Phi) is 6.78. The molecule has 162 valence electrons. The average molecular weight is 449 g/mol. The minimum atomic E-state index is -0.917. The molecule has 2 aromatic rings. The molecule has 2 fully saturated rings. The van der Waals surface area contributed by atoms with E-state index in [1.165, 1.54) is 0 Å². The number of rotatable bonds is 5. The van der Waals surface area contributed by atoms with E-state index in [1.54, 1.807) is 13.2 Å². The summed E-state index contributed by atoms with van der Waals surface area (Å²) in [5.41, 5.74) is 1.02. The molecule has 4 rings (SSSR count). The van der Waals surface area contributed by atoms with Crippen LogP contribution in [0.25, 0.3) is 0 Å². The Labute approximate surface area is 189 Å². The van der Waals surface area contributed by atoms with Crippen LogP contribution in [0.3, 0.4) is 0 Å². The van der Waals surface area contributed by atoms with Crippen molar-refractivity contribution in [3.63, 3.8) is 0 Å². The smallest absolute Gasteiger partial charge is 0.142 e. The summed E-state index contributed by atoms with van der Waals surface area (Å²) in [4.78, 5) is 4.86. The number of anilines is 1. The summed E-state index contributed by atoms with van der Waals surface area (Å²) in [6.45, 7) is 4.70. The van der Waals surface area contributed by atoms with Crippen molar-refractivity contribution in [2.24, 2.45) is 5.92 Å². The number of aliphatic hydroxyl groups is 1. The molecule has 1 aliphatic carbocycles. The molecule has 2 aromatic carbocycles. The van der Waals surface area contributed by atoms with Crippen molar-refractivity contribution < 1.29 is 9.84 Å². The molecule has 0 spiro atoms. The fraction of sp³-hybridized carbons (Fsp3) is 0.500. The number of ether oxygens (including phenoxy) is 1. The lowest BCUT2D eigenvalue weighted by atomic mass is 9.71. The molecule has 1 saturated carbocycles. The molecule has 2 unspecified atom stereocenters. The van der Waals surface area contributed by atoms with Crippen molar-refractivity contribution in [1.82, 2.24) is 4.90 Å². The molecule has 0 bridgehead atoms. The Hall–Kier alpha value is -1.46. The second-order valence-corrected chi connectivity index (χ2v) is 9.21. The lowest BCUT2D eigenvalue weighted by molar-refractivity contribution is -0.0659. The van der Waals surface area contributed by atoms with Crippen LogP contribution in [0.2, 0.25) is 10.0 Å². The standard InChI is InChI=1S/C24H30Cl2N2O2/c1-30-22-11-3-2-10-21(22)28-15-13-27(14-16-28)17-18-7-4-5-12-24(18,29)19-8-6-9-20(25)23(19)26/h2-3,6,8-11,18,29H,4-5,7,12-17H2,1H3. The van der Waals surface area contributed by atoms with Crippen molar-refractivity contribution in [1.29, 1.82) is 0 Å². The van der Waals surface area contributed by atoms with Crippen molar-refractivity contribution in [2.75, 3.05) is 44.7 Å². The molecule has 1 saturated heterocycles. The van der Waals surface area contributed by atoms with Gasteiger partial charge in [-0.1, -0.05) is 60.3 Å². The summed E-state index contributed by atoms with van der Waals surface area (Å²) in [7, 11) is 1.72. The van der Waals surface area contributed by atoms with E-state index in [9.17, 15) is 5.11 Å². The maximum Gasteiger partial charge on any atom is 0.142 e.